The molecule has 0 aromatic carbocycles. The average Bonchev–Trinajstić information content (AvgIpc) is 2.25. The average molecular weight is 380 g/mol. The maximum atomic E-state index is 12.8. The lowest BCUT2D eigenvalue weighted by molar-refractivity contribution is -0.324. The van der Waals surface area contributed by atoms with Crippen LogP contribution in [0.15, 0.2) is 0 Å². The summed E-state index contributed by atoms with van der Waals surface area (Å²) in [7, 11) is -7.28. The highest BCUT2D eigenvalue weighted by Crippen LogP contribution is 2.51. The summed E-state index contributed by atoms with van der Waals surface area (Å²) in [5.41, 5.74) is 0. The highest BCUT2D eigenvalue weighted by Gasteiger charge is 2.81. The molecule has 0 heterocycles. The van der Waals surface area contributed by atoms with Crippen molar-refractivity contribution < 1.29 is 65.9 Å². The highest BCUT2D eigenvalue weighted by molar-refractivity contribution is 7.87. The van der Waals surface area contributed by atoms with Gasteiger partial charge < -0.3 is 0 Å². The zero-order valence-corrected chi connectivity index (χ0v) is 10.3. The molecular weight excluding hydrogens is 377 g/mol. The fourth-order valence-corrected chi connectivity index (χ4v) is 1.40. The highest BCUT2D eigenvalue weighted by atomic mass is 32.2. The van der Waals surface area contributed by atoms with Crippen molar-refractivity contribution in [1.82, 2.24) is 0 Å². The zero-order chi connectivity index (χ0) is 18.2. The van der Waals surface area contributed by atoms with Crippen molar-refractivity contribution in [2.24, 2.45) is 0 Å². The number of hydrogen-bond acceptors (Lipinski definition) is 4. The van der Waals surface area contributed by atoms with E-state index in [2.05, 4.69) is 9.22 Å². The molecule has 16 heteroatoms. The van der Waals surface area contributed by atoms with Crippen LogP contribution in [0.3, 0.4) is 0 Å². The minimum Gasteiger partial charge on any atom is -0.210 e. The van der Waals surface area contributed by atoms with Crippen LogP contribution in [0.2, 0.25) is 0 Å². The van der Waals surface area contributed by atoms with E-state index in [1.807, 2.05) is 0 Å². The lowest BCUT2D eigenvalue weighted by atomic mass is 10.2. The van der Waals surface area contributed by atoms with Crippen LogP contribution in [0, 0.1) is 0 Å². The van der Waals surface area contributed by atoms with E-state index in [0.717, 1.165) is 0 Å². The lowest BCUT2D eigenvalue weighted by Gasteiger charge is -2.30. The van der Waals surface area contributed by atoms with E-state index in [1.165, 1.54) is 0 Å². The molecule has 0 aromatic rings. The van der Waals surface area contributed by atoms with E-state index in [0.29, 0.717) is 0 Å². The minimum absolute atomic E-state index is 2.38. The Morgan fingerprint density at radius 2 is 1.27 bits per heavy atom. The van der Waals surface area contributed by atoms with Gasteiger partial charge in [-0.05, 0) is 0 Å². The van der Waals surface area contributed by atoms with Gasteiger partial charge in [-0.1, -0.05) is 0 Å². The molecule has 0 aliphatic carbocycles. The van der Waals surface area contributed by atoms with E-state index >= 15 is 0 Å². The van der Waals surface area contributed by atoms with Gasteiger partial charge in [0, 0.05) is 0 Å². The second kappa shape index (κ2) is 5.95. The third-order valence-corrected chi connectivity index (χ3v) is 2.89. The molecule has 0 aliphatic rings. The Balaban J connectivity index is 5.44. The molecule has 0 fully saturated rings. The van der Waals surface area contributed by atoms with Gasteiger partial charge in [-0.15, -0.1) is 4.33 Å². The smallest absolute Gasteiger partial charge is 0.210 e. The topological polar surface area (TPSA) is 52.6 Å². The van der Waals surface area contributed by atoms with E-state index in [-0.39, 0.29) is 0 Å². The zero-order valence-electron chi connectivity index (χ0n) is 9.48. The summed E-state index contributed by atoms with van der Waals surface area (Å²) in [6.07, 6.45) is -10.8. The summed E-state index contributed by atoms with van der Waals surface area (Å²) in [6, 6.07) is 0. The van der Waals surface area contributed by atoms with Crippen molar-refractivity contribution in [3.05, 3.63) is 0 Å². The first-order chi connectivity index (χ1) is 9.40. The minimum atomic E-state index is -7.28. The maximum Gasteiger partial charge on any atom is 0.440 e. The van der Waals surface area contributed by atoms with Gasteiger partial charge in [0.1, 0.15) is 0 Å². The Labute approximate surface area is 113 Å². The van der Waals surface area contributed by atoms with Gasteiger partial charge in [0.15, 0.2) is 6.61 Å². The van der Waals surface area contributed by atoms with Crippen molar-refractivity contribution >= 4 is 10.1 Å². The van der Waals surface area contributed by atoms with E-state index in [9.17, 15) is 56.7 Å². The Morgan fingerprint density at radius 3 is 1.59 bits per heavy atom. The van der Waals surface area contributed by atoms with Crippen molar-refractivity contribution in [3.8, 4) is 0 Å². The number of rotatable bonds is 7. The van der Waals surface area contributed by atoms with Crippen LogP contribution < -0.4 is 0 Å². The molecule has 0 amide bonds. The number of halogens is 11. The van der Waals surface area contributed by atoms with Crippen LogP contribution in [-0.2, 0) is 19.3 Å². The first-order valence-electron chi connectivity index (χ1n) is 4.44. The van der Waals surface area contributed by atoms with Crippen molar-refractivity contribution in [3.63, 3.8) is 0 Å². The molecular formula is C6H3F11O4S. The number of hydrogen-bond donors (Lipinski definition) is 0. The molecule has 134 valence electrons. The van der Waals surface area contributed by atoms with E-state index in [1.54, 1.807) is 0 Å². The quantitative estimate of drug-likeness (QED) is 0.387. The fourth-order valence-electron chi connectivity index (χ4n) is 0.685. The molecule has 0 radical (unpaired) electrons. The van der Waals surface area contributed by atoms with Crippen molar-refractivity contribution in [2.75, 3.05) is 6.61 Å². The Bertz CT molecular complexity index is 481. The van der Waals surface area contributed by atoms with Gasteiger partial charge >= 0.3 is 39.8 Å². The molecule has 0 aliphatic heterocycles. The van der Waals surface area contributed by atoms with Crippen LogP contribution >= 0.6 is 0 Å². The molecule has 0 unspecified atom stereocenters. The molecule has 0 spiro atoms. The fraction of sp³-hybridized carbons (Fsp3) is 1.00. The third-order valence-electron chi connectivity index (χ3n) is 1.73. The van der Waals surface area contributed by atoms with Crippen molar-refractivity contribution in [2.45, 2.75) is 29.7 Å². The monoisotopic (exact) mass is 380 g/mol. The predicted octanol–water partition coefficient (Wildman–Crippen LogP) is 2.96. The second-order valence-corrected chi connectivity index (χ2v) is 4.97. The summed E-state index contributed by atoms with van der Waals surface area (Å²) < 4.78 is 157. The molecule has 0 bridgehead atoms. The van der Waals surface area contributed by atoms with Crippen LogP contribution in [0.1, 0.15) is 0 Å². The van der Waals surface area contributed by atoms with Gasteiger partial charge in [-0.25, -0.2) is 13.7 Å². The molecule has 0 rings (SSSR count). The van der Waals surface area contributed by atoms with Gasteiger partial charge in [0.05, 0.1) is 0 Å². The molecule has 0 N–H and O–H groups in total. The first kappa shape index (κ1) is 21.1. The molecule has 0 aromatic heterocycles. The molecule has 0 saturated heterocycles. The van der Waals surface area contributed by atoms with E-state index < -0.39 is 46.4 Å². The van der Waals surface area contributed by atoms with Gasteiger partial charge in [-0.3, -0.25) is 0 Å². The van der Waals surface area contributed by atoms with E-state index in [4.69, 9.17) is 0 Å². The summed E-state index contributed by atoms with van der Waals surface area (Å²) in [5.74, 6) is -14.1. The Hall–Kier alpha value is -0.900. The number of alkyl halides is 11. The molecule has 0 atom stereocenters. The summed E-state index contributed by atoms with van der Waals surface area (Å²) in [5, 5.41) is -7.02. The normalized spacial score (nSPS) is 15.5. The van der Waals surface area contributed by atoms with Gasteiger partial charge in [0.2, 0.25) is 0 Å². The standard InChI is InChI=1S/C6H3F11O4S/c7-2(8)4(12,13)5(14,15)6(16,17)22(18,19)21-20-1-3(9,10)11/h2H,1H2. The first-order valence-corrected chi connectivity index (χ1v) is 5.85. The second-order valence-electron chi connectivity index (χ2n) is 3.41. The molecule has 22 heavy (non-hydrogen) atoms. The maximum absolute atomic E-state index is 12.8. The summed E-state index contributed by atoms with van der Waals surface area (Å²) >= 11 is 0. The predicted molar refractivity (Wildman–Crippen MR) is 42.9 cm³/mol. The van der Waals surface area contributed by atoms with Crippen LogP contribution in [-0.4, -0.2) is 44.7 Å². The molecule has 4 nitrogen and oxygen atoms in total. The Morgan fingerprint density at radius 1 is 0.864 bits per heavy atom. The molecule has 0 saturated carbocycles. The van der Waals surface area contributed by atoms with Crippen molar-refractivity contribution in [1.29, 1.82) is 0 Å². The van der Waals surface area contributed by atoms with Crippen LogP contribution in [0.5, 0.6) is 0 Å². The SMILES string of the molecule is O=S(=O)(OOCC(F)(F)F)C(F)(F)C(F)(F)C(F)(F)C(F)F. The lowest BCUT2D eigenvalue weighted by Crippen LogP contribution is -2.60. The van der Waals surface area contributed by atoms with Crippen LogP contribution in [0.25, 0.3) is 0 Å². The largest absolute Gasteiger partial charge is 0.440 e. The van der Waals surface area contributed by atoms with Gasteiger partial charge in [0.25, 0.3) is 0 Å². The van der Waals surface area contributed by atoms with Gasteiger partial charge in [-0.2, -0.15) is 47.9 Å². The summed E-state index contributed by atoms with van der Waals surface area (Å²) in [4.78, 5) is 2.66. The Kier molecular flexibility index (Phi) is 5.71. The summed E-state index contributed by atoms with van der Waals surface area (Å²) in [6.45, 7) is -2.70. The third kappa shape index (κ3) is 3.89. The van der Waals surface area contributed by atoms with Crippen LogP contribution in [0.4, 0.5) is 48.3 Å².